The minimum atomic E-state index is -1.07. The molecule has 1 saturated heterocycles. The number of amides is 2. The van der Waals surface area contributed by atoms with Gasteiger partial charge >= 0.3 is 5.97 Å². The number of hydrogen-bond acceptors (Lipinski definition) is 3. The summed E-state index contributed by atoms with van der Waals surface area (Å²) < 4.78 is 0. The largest absolute Gasteiger partial charge is 0.480 e. The van der Waals surface area contributed by atoms with Gasteiger partial charge in [0.25, 0.3) is 0 Å². The minimum Gasteiger partial charge on any atom is -0.480 e. The Balaban J connectivity index is 2.49. The first-order valence-corrected chi connectivity index (χ1v) is 6.95. The molecule has 2 N–H and O–H groups in total. The van der Waals surface area contributed by atoms with Gasteiger partial charge in [0.15, 0.2) is 0 Å². The van der Waals surface area contributed by atoms with Gasteiger partial charge in [-0.3, -0.25) is 9.59 Å². The molecular weight excluding hydrogens is 260 g/mol. The van der Waals surface area contributed by atoms with Gasteiger partial charge < -0.3 is 15.3 Å². The second-order valence-corrected chi connectivity index (χ2v) is 4.95. The summed E-state index contributed by atoms with van der Waals surface area (Å²) in [6.45, 7) is 4.03. The number of carboxylic acids is 1. The van der Waals surface area contributed by atoms with E-state index in [-0.39, 0.29) is 12.5 Å². The van der Waals surface area contributed by atoms with Gasteiger partial charge in [-0.2, -0.15) is 0 Å². The van der Waals surface area contributed by atoms with Crippen LogP contribution in [0.5, 0.6) is 0 Å². The molecule has 0 aromatic carbocycles. The molecule has 0 radical (unpaired) electrons. The monoisotopic (exact) mass is 282 g/mol. The molecule has 1 atom stereocenters. The van der Waals surface area contributed by atoms with Gasteiger partial charge in [-0.25, -0.2) is 4.79 Å². The van der Waals surface area contributed by atoms with Crippen LogP contribution in [0, 0.1) is 0 Å². The zero-order valence-electron chi connectivity index (χ0n) is 11.6. The van der Waals surface area contributed by atoms with Crippen LogP contribution >= 0.6 is 0 Å². The van der Waals surface area contributed by atoms with Crippen LogP contribution in [0.15, 0.2) is 12.7 Å². The van der Waals surface area contributed by atoms with E-state index < -0.39 is 17.9 Å². The third-order valence-electron chi connectivity index (χ3n) is 3.30. The number of nitrogens with zero attached hydrogens (tertiary/aromatic N) is 1. The zero-order chi connectivity index (χ0) is 15.0. The summed E-state index contributed by atoms with van der Waals surface area (Å²) in [5.41, 5.74) is 0. The molecule has 1 aliphatic heterocycles. The third kappa shape index (κ3) is 5.42. The number of carbonyl (C=O) groups excluding carboxylic acids is 2. The Labute approximate surface area is 118 Å². The summed E-state index contributed by atoms with van der Waals surface area (Å²) in [6, 6.07) is -0.928. The van der Waals surface area contributed by atoms with Crippen LogP contribution in [-0.2, 0) is 14.4 Å². The fourth-order valence-corrected chi connectivity index (χ4v) is 2.16. The Kier molecular flexibility index (Phi) is 6.76. The molecule has 0 aromatic rings. The number of carboxylic acid groups (broad SMARTS) is 1. The van der Waals surface area contributed by atoms with Gasteiger partial charge in [-0.15, -0.1) is 6.58 Å². The Morgan fingerprint density at radius 2 is 2.15 bits per heavy atom. The number of nitrogens with one attached hydrogen (secondary N) is 1. The molecule has 1 unspecified atom stereocenters. The number of hydrogen-bond donors (Lipinski definition) is 2. The second-order valence-electron chi connectivity index (χ2n) is 4.95. The molecule has 1 aliphatic rings. The van der Waals surface area contributed by atoms with E-state index in [2.05, 4.69) is 11.9 Å². The van der Waals surface area contributed by atoms with Crippen molar-refractivity contribution in [1.82, 2.24) is 10.2 Å². The highest BCUT2D eigenvalue weighted by Crippen LogP contribution is 2.10. The van der Waals surface area contributed by atoms with Crippen LogP contribution in [0.25, 0.3) is 0 Å². The van der Waals surface area contributed by atoms with Crippen LogP contribution in [0.2, 0.25) is 0 Å². The predicted molar refractivity (Wildman–Crippen MR) is 74.0 cm³/mol. The lowest BCUT2D eigenvalue weighted by Gasteiger charge is -2.21. The van der Waals surface area contributed by atoms with E-state index in [1.165, 1.54) is 4.90 Å². The van der Waals surface area contributed by atoms with Crippen molar-refractivity contribution >= 4 is 17.8 Å². The van der Waals surface area contributed by atoms with Crippen LogP contribution in [0.3, 0.4) is 0 Å². The third-order valence-corrected chi connectivity index (χ3v) is 3.30. The lowest BCUT2D eigenvalue weighted by molar-refractivity contribution is -0.142. The van der Waals surface area contributed by atoms with Crippen molar-refractivity contribution in [2.45, 2.75) is 44.6 Å². The van der Waals surface area contributed by atoms with Crippen molar-refractivity contribution in [2.24, 2.45) is 0 Å². The number of likely N-dealkylation sites (tertiary alicyclic amines) is 1. The number of aliphatic carboxylic acids is 1. The second kappa shape index (κ2) is 8.35. The molecular formula is C14H22N2O4. The summed E-state index contributed by atoms with van der Waals surface area (Å²) in [6.07, 6.45) is 5.62. The maximum absolute atomic E-state index is 11.9. The van der Waals surface area contributed by atoms with E-state index >= 15 is 0 Å². The van der Waals surface area contributed by atoms with Gasteiger partial charge in [0.1, 0.15) is 6.04 Å². The average molecular weight is 282 g/mol. The van der Waals surface area contributed by atoms with Gasteiger partial charge in [-0.1, -0.05) is 12.5 Å². The van der Waals surface area contributed by atoms with Crippen LogP contribution in [-0.4, -0.2) is 46.9 Å². The molecule has 6 nitrogen and oxygen atoms in total. The molecule has 2 amide bonds. The van der Waals surface area contributed by atoms with Gasteiger partial charge in [0.05, 0.1) is 6.54 Å². The maximum Gasteiger partial charge on any atom is 0.326 e. The highest BCUT2D eigenvalue weighted by molar-refractivity contribution is 5.88. The Morgan fingerprint density at radius 1 is 1.40 bits per heavy atom. The fourth-order valence-electron chi connectivity index (χ4n) is 2.16. The summed E-state index contributed by atoms with van der Waals surface area (Å²) >= 11 is 0. The zero-order valence-corrected chi connectivity index (χ0v) is 11.6. The molecule has 20 heavy (non-hydrogen) atoms. The lowest BCUT2D eigenvalue weighted by Crippen LogP contribution is -2.46. The van der Waals surface area contributed by atoms with Crippen molar-refractivity contribution < 1.29 is 19.5 Å². The molecule has 1 fully saturated rings. The highest BCUT2D eigenvalue weighted by Gasteiger charge is 2.23. The number of allylic oxidation sites excluding steroid dienone is 1. The lowest BCUT2D eigenvalue weighted by atomic mass is 10.1. The molecule has 0 spiro atoms. The SMILES string of the molecule is C=CCCC(NC(=O)CN1CCCCCC1=O)C(=O)O. The average Bonchev–Trinajstić information content (AvgIpc) is 2.59. The van der Waals surface area contributed by atoms with Crippen LogP contribution in [0.1, 0.15) is 38.5 Å². The molecule has 112 valence electrons. The van der Waals surface area contributed by atoms with E-state index in [1.54, 1.807) is 6.08 Å². The summed E-state index contributed by atoms with van der Waals surface area (Å²) in [7, 11) is 0. The van der Waals surface area contributed by atoms with Crippen molar-refractivity contribution in [3.05, 3.63) is 12.7 Å². The molecule has 6 heteroatoms. The van der Waals surface area contributed by atoms with Crippen molar-refractivity contribution in [1.29, 1.82) is 0 Å². The van der Waals surface area contributed by atoms with Gasteiger partial charge in [0, 0.05) is 13.0 Å². The normalized spacial score (nSPS) is 17.2. The van der Waals surface area contributed by atoms with Crippen LogP contribution < -0.4 is 5.32 Å². The minimum absolute atomic E-state index is 0.0318. The molecule has 1 rings (SSSR count). The maximum atomic E-state index is 11.9. The van der Waals surface area contributed by atoms with E-state index in [0.717, 1.165) is 19.3 Å². The van der Waals surface area contributed by atoms with Gasteiger partial charge in [0.2, 0.25) is 11.8 Å². The van der Waals surface area contributed by atoms with E-state index in [4.69, 9.17) is 5.11 Å². The molecule has 0 aliphatic carbocycles. The van der Waals surface area contributed by atoms with Gasteiger partial charge in [-0.05, 0) is 25.7 Å². The summed E-state index contributed by atoms with van der Waals surface area (Å²) in [4.78, 5) is 36.1. The molecule has 0 bridgehead atoms. The first kappa shape index (κ1) is 16.2. The van der Waals surface area contributed by atoms with E-state index in [0.29, 0.717) is 25.8 Å². The van der Waals surface area contributed by atoms with Crippen molar-refractivity contribution in [2.75, 3.05) is 13.1 Å². The van der Waals surface area contributed by atoms with E-state index in [9.17, 15) is 14.4 Å². The predicted octanol–water partition coefficient (Wildman–Crippen LogP) is 0.925. The smallest absolute Gasteiger partial charge is 0.326 e. The highest BCUT2D eigenvalue weighted by atomic mass is 16.4. The topological polar surface area (TPSA) is 86.7 Å². The first-order valence-electron chi connectivity index (χ1n) is 6.95. The summed E-state index contributed by atoms with van der Waals surface area (Å²) in [5.74, 6) is -1.52. The Bertz CT molecular complexity index is 381. The Hall–Kier alpha value is -1.85. The number of rotatable bonds is 7. The quantitative estimate of drug-likeness (QED) is 0.680. The summed E-state index contributed by atoms with van der Waals surface area (Å²) in [5, 5.41) is 11.5. The van der Waals surface area contributed by atoms with Crippen molar-refractivity contribution in [3.63, 3.8) is 0 Å². The number of carbonyl (C=O) groups is 3. The van der Waals surface area contributed by atoms with Crippen LogP contribution in [0.4, 0.5) is 0 Å². The van der Waals surface area contributed by atoms with Crippen molar-refractivity contribution in [3.8, 4) is 0 Å². The molecule has 0 saturated carbocycles. The standard InChI is InChI=1S/C14H22N2O4/c1-2-3-7-11(14(19)20)15-12(17)10-16-9-6-4-5-8-13(16)18/h2,11H,1,3-10H2,(H,15,17)(H,19,20). The van der Waals surface area contributed by atoms with E-state index in [1.807, 2.05) is 0 Å². The first-order chi connectivity index (χ1) is 9.54. The Morgan fingerprint density at radius 3 is 2.80 bits per heavy atom. The molecule has 1 heterocycles. The molecule has 0 aromatic heterocycles. The fraction of sp³-hybridized carbons (Fsp3) is 0.643.